The van der Waals surface area contributed by atoms with Crippen molar-refractivity contribution in [3.8, 4) is 11.3 Å². The summed E-state index contributed by atoms with van der Waals surface area (Å²) < 4.78 is 10.4. The molecule has 0 aliphatic heterocycles. The van der Waals surface area contributed by atoms with Gasteiger partial charge in [0.05, 0.1) is 25.5 Å². The number of carbonyl (C=O) groups excluding carboxylic acids is 1. The number of rotatable bonds is 7. The van der Waals surface area contributed by atoms with Gasteiger partial charge in [-0.1, -0.05) is 30.3 Å². The number of methoxy groups -OCH3 is 1. The van der Waals surface area contributed by atoms with Crippen molar-refractivity contribution in [3.63, 3.8) is 0 Å². The highest BCUT2D eigenvalue weighted by Gasteiger charge is 2.16. The average molecular weight is 409 g/mol. The lowest BCUT2D eigenvalue weighted by Crippen LogP contribution is -2.38. The van der Waals surface area contributed by atoms with Crippen LogP contribution in [0, 0.1) is 6.92 Å². The maximum Gasteiger partial charge on any atom is 0.341 e. The van der Waals surface area contributed by atoms with Crippen LogP contribution >= 0.6 is 0 Å². The average Bonchev–Trinajstić information content (AvgIpc) is 3.37. The Morgan fingerprint density at radius 3 is 2.80 bits per heavy atom. The molecule has 0 aliphatic rings. The zero-order valence-corrected chi connectivity index (χ0v) is 17.7. The molecular formula is C22H27N5O3. The Morgan fingerprint density at radius 1 is 1.33 bits per heavy atom. The van der Waals surface area contributed by atoms with Gasteiger partial charge in [0.15, 0.2) is 5.96 Å². The Labute approximate surface area is 176 Å². The quantitative estimate of drug-likeness (QED) is 0.353. The molecule has 8 nitrogen and oxygen atoms in total. The van der Waals surface area contributed by atoms with Crippen LogP contribution in [-0.2, 0) is 17.8 Å². The number of nitrogens with one attached hydrogen (secondary N) is 2. The second-order valence-electron chi connectivity index (χ2n) is 6.81. The molecule has 0 atom stereocenters. The molecule has 30 heavy (non-hydrogen) atoms. The summed E-state index contributed by atoms with van der Waals surface area (Å²) in [6.45, 7) is 5.33. The lowest BCUT2D eigenvalue weighted by molar-refractivity contribution is 0.0599. The highest BCUT2D eigenvalue weighted by Crippen LogP contribution is 2.18. The van der Waals surface area contributed by atoms with Crippen molar-refractivity contribution in [1.82, 2.24) is 20.2 Å². The monoisotopic (exact) mass is 409 g/mol. The predicted octanol–water partition coefficient (Wildman–Crippen LogP) is 3.36. The summed E-state index contributed by atoms with van der Waals surface area (Å²) in [7, 11) is 3.29. The molecule has 2 aromatic heterocycles. The standard InChI is InChI=1S/C22H27N5O3/c1-5-23-22(25-12-17-11-18(15(2)30-17)21(28)29-4)27(3)14-20-24-13-19(26-20)16-9-7-6-8-10-16/h6-11,13H,5,12,14H2,1-4H3,(H,23,25)(H,24,26). The van der Waals surface area contributed by atoms with Crippen LogP contribution in [0.15, 0.2) is 52.0 Å². The molecule has 2 N–H and O–H groups in total. The molecule has 0 amide bonds. The van der Waals surface area contributed by atoms with Crippen LogP contribution in [0.1, 0.15) is 34.6 Å². The van der Waals surface area contributed by atoms with E-state index in [1.54, 1.807) is 13.0 Å². The molecule has 8 heteroatoms. The van der Waals surface area contributed by atoms with Gasteiger partial charge in [0, 0.05) is 13.6 Å². The molecule has 2 heterocycles. The first kappa shape index (κ1) is 21.2. The fraction of sp³-hybridized carbons (Fsp3) is 0.318. The van der Waals surface area contributed by atoms with Gasteiger partial charge in [0.1, 0.15) is 29.5 Å². The number of furan rings is 1. The van der Waals surface area contributed by atoms with E-state index in [-0.39, 0.29) is 0 Å². The largest absolute Gasteiger partial charge is 0.465 e. The summed E-state index contributed by atoms with van der Waals surface area (Å²) in [6.07, 6.45) is 1.84. The summed E-state index contributed by atoms with van der Waals surface area (Å²) in [5.41, 5.74) is 2.49. The number of aryl methyl sites for hydroxylation is 1. The van der Waals surface area contributed by atoms with E-state index in [2.05, 4.69) is 20.3 Å². The number of H-pyrrole nitrogens is 1. The summed E-state index contributed by atoms with van der Waals surface area (Å²) >= 11 is 0. The van der Waals surface area contributed by atoms with Crippen LogP contribution in [0.2, 0.25) is 0 Å². The van der Waals surface area contributed by atoms with Crippen LogP contribution in [0.5, 0.6) is 0 Å². The number of hydrogen-bond donors (Lipinski definition) is 2. The summed E-state index contributed by atoms with van der Waals surface area (Å²) in [5.74, 6) is 2.26. The zero-order chi connectivity index (χ0) is 21.5. The number of benzene rings is 1. The molecule has 0 unspecified atom stereocenters. The lowest BCUT2D eigenvalue weighted by atomic mass is 10.2. The number of nitrogens with zero attached hydrogens (tertiary/aromatic N) is 3. The fourth-order valence-electron chi connectivity index (χ4n) is 3.06. The minimum absolute atomic E-state index is 0.303. The van der Waals surface area contributed by atoms with Gasteiger partial charge in [0.2, 0.25) is 0 Å². The normalized spacial score (nSPS) is 11.4. The number of ether oxygens (including phenoxy) is 1. The third-order valence-corrected chi connectivity index (χ3v) is 4.56. The van der Waals surface area contributed by atoms with Crippen LogP contribution in [0.4, 0.5) is 0 Å². The second-order valence-corrected chi connectivity index (χ2v) is 6.81. The number of aromatic amines is 1. The van der Waals surface area contributed by atoms with Gasteiger partial charge < -0.3 is 24.4 Å². The second kappa shape index (κ2) is 9.78. The molecular weight excluding hydrogens is 382 g/mol. The topological polar surface area (TPSA) is 95.8 Å². The molecule has 158 valence electrons. The van der Waals surface area contributed by atoms with E-state index in [0.717, 1.165) is 23.6 Å². The van der Waals surface area contributed by atoms with Gasteiger partial charge in [-0.05, 0) is 25.5 Å². The zero-order valence-electron chi connectivity index (χ0n) is 17.7. The number of aromatic nitrogens is 2. The summed E-state index contributed by atoms with van der Waals surface area (Å²) in [5, 5.41) is 3.27. The fourth-order valence-corrected chi connectivity index (χ4v) is 3.06. The number of esters is 1. The van der Waals surface area contributed by atoms with E-state index in [0.29, 0.717) is 36.1 Å². The van der Waals surface area contributed by atoms with Gasteiger partial charge in [-0.15, -0.1) is 0 Å². The third-order valence-electron chi connectivity index (χ3n) is 4.56. The van der Waals surface area contributed by atoms with Crippen molar-refractivity contribution >= 4 is 11.9 Å². The van der Waals surface area contributed by atoms with Crippen molar-refractivity contribution in [2.75, 3.05) is 20.7 Å². The SMILES string of the molecule is CCNC(=NCc1cc(C(=O)OC)c(C)o1)N(C)Cc1ncc(-c2ccccc2)[nH]1. The Kier molecular flexibility index (Phi) is 6.90. The van der Waals surface area contributed by atoms with Crippen LogP contribution in [0.3, 0.4) is 0 Å². The van der Waals surface area contributed by atoms with E-state index >= 15 is 0 Å². The van der Waals surface area contributed by atoms with Crippen molar-refractivity contribution in [2.45, 2.75) is 26.9 Å². The van der Waals surface area contributed by atoms with E-state index in [1.165, 1.54) is 7.11 Å². The van der Waals surface area contributed by atoms with Gasteiger partial charge in [-0.25, -0.2) is 14.8 Å². The predicted molar refractivity (Wildman–Crippen MR) is 115 cm³/mol. The summed E-state index contributed by atoms with van der Waals surface area (Å²) in [4.78, 5) is 26.2. The number of guanidine groups is 1. The van der Waals surface area contributed by atoms with Crippen LogP contribution in [-0.4, -0.2) is 47.5 Å². The lowest BCUT2D eigenvalue weighted by Gasteiger charge is -2.20. The van der Waals surface area contributed by atoms with E-state index < -0.39 is 5.97 Å². The molecule has 0 aliphatic carbocycles. The first-order valence-electron chi connectivity index (χ1n) is 9.78. The van der Waals surface area contributed by atoms with Crippen molar-refractivity contribution in [3.05, 3.63) is 65.5 Å². The van der Waals surface area contributed by atoms with Gasteiger partial charge in [-0.2, -0.15) is 0 Å². The number of carbonyl (C=O) groups is 1. The number of aliphatic imine (C=N–C) groups is 1. The Bertz CT molecular complexity index is 1010. The van der Waals surface area contributed by atoms with Crippen molar-refractivity contribution < 1.29 is 13.9 Å². The summed E-state index contributed by atoms with van der Waals surface area (Å²) in [6, 6.07) is 11.7. The Balaban J connectivity index is 1.70. The highest BCUT2D eigenvalue weighted by molar-refractivity contribution is 5.90. The van der Waals surface area contributed by atoms with E-state index in [1.807, 2.05) is 55.4 Å². The smallest absolute Gasteiger partial charge is 0.341 e. The number of imidazole rings is 1. The van der Waals surface area contributed by atoms with Gasteiger partial charge in [-0.3, -0.25) is 0 Å². The highest BCUT2D eigenvalue weighted by atomic mass is 16.5. The van der Waals surface area contributed by atoms with Crippen LogP contribution in [0.25, 0.3) is 11.3 Å². The number of hydrogen-bond acceptors (Lipinski definition) is 5. The molecule has 0 radical (unpaired) electrons. The maximum atomic E-state index is 11.8. The first-order valence-corrected chi connectivity index (χ1v) is 9.78. The molecule has 0 spiro atoms. The molecule has 0 saturated heterocycles. The molecule has 3 aromatic rings. The molecule has 0 bridgehead atoms. The molecule has 3 rings (SSSR count). The molecule has 0 saturated carbocycles. The Hall–Kier alpha value is -3.55. The first-order chi connectivity index (χ1) is 14.5. The minimum atomic E-state index is -0.414. The minimum Gasteiger partial charge on any atom is -0.465 e. The van der Waals surface area contributed by atoms with Crippen LogP contribution < -0.4 is 5.32 Å². The van der Waals surface area contributed by atoms with Crippen molar-refractivity contribution in [1.29, 1.82) is 0 Å². The molecule has 1 aromatic carbocycles. The van der Waals surface area contributed by atoms with Gasteiger partial charge >= 0.3 is 5.97 Å². The van der Waals surface area contributed by atoms with E-state index in [9.17, 15) is 4.79 Å². The third kappa shape index (κ3) is 5.08. The maximum absolute atomic E-state index is 11.8. The van der Waals surface area contributed by atoms with Crippen molar-refractivity contribution in [2.24, 2.45) is 4.99 Å². The molecule has 0 fully saturated rings. The van der Waals surface area contributed by atoms with Gasteiger partial charge in [0.25, 0.3) is 0 Å². The Morgan fingerprint density at radius 2 is 2.10 bits per heavy atom. The van der Waals surface area contributed by atoms with E-state index in [4.69, 9.17) is 9.15 Å².